The van der Waals surface area contributed by atoms with Crippen molar-refractivity contribution < 1.29 is 39.0 Å². The lowest BCUT2D eigenvalue weighted by atomic mass is 9.96. The van der Waals surface area contributed by atoms with Crippen molar-refractivity contribution in [2.45, 2.75) is 103 Å². The Morgan fingerprint density at radius 3 is 1.81 bits per heavy atom. The Hall–Kier alpha value is -4.73. The van der Waals surface area contributed by atoms with Gasteiger partial charge in [-0.3, -0.25) is 29.0 Å². The number of nitrogens with zero attached hydrogens (tertiary/aromatic N) is 1. The van der Waals surface area contributed by atoms with Crippen molar-refractivity contribution in [2.24, 2.45) is 34.0 Å². The van der Waals surface area contributed by atoms with E-state index in [0.717, 1.165) is 5.56 Å². The lowest BCUT2D eigenvalue weighted by molar-refractivity contribution is -0.144. The summed E-state index contributed by atoms with van der Waals surface area (Å²) in [6, 6.07) is 3.06. The number of hydrogen-bond donors (Lipinski definition) is 9. The maximum atomic E-state index is 13.6. The van der Waals surface area contributed by atoms with E-state index in [9.17, 15) is 39.0 Å². The number of carboxylic acids is 2. The molecule has 0 bridgehead atoms. The SMILES string of the molecule is CC[C@H](C)[C@H](NC(=O)[C@H](CCCN=C(N)N)NC(=O)[C@H](CCC(=O)O)NC(=O)[C@@H](NC(=O)[C@@H](N)Cc1ccccc1)[C@@H](C)CC)C(=O)O. The number of amides is 4. The first-order valence-electron chi connectivity index (χ1n) is 16.1. The first-order chi connectivity index (χ1) is 22.6. The predicted molar refractivity (Wildman–Crippen MR) is 179 cm³/mol. The number of rotatable bonds is 22. The fourth-order valence-electron chi connectivity index (χ4n) is 4.70. The topological polar surface area (TPSA) is 281 Å². The van der Waals surface area contributed by atoms with Gasteiger partial charge in [-0.05, 0) is 43.1 Å². The molecule has 7 atom stereocenters. The number of hydrogen-bond acceptors (Lipinski definition) is 8. The van der Waals surface area contributed by atoms with E-state index in [4.69, 9.17) is 17.2 Å². The van der Waals surface area contributed by atoms with Crippen LogP contribution in [0.3, 0.4) is 0 Å². The molecule has 1 rings (SSSR count). The van der Waals surface area contributed by atoms with Crippen LogP contribution in [0.2, 0.25) is 0 Å². The van der Waals surface area contributed by atoms with Crippen LogP contribution >= 0.6 is 0 Å². The third kappa shape index (κ3) is 14.8. The maximum absolute atomic E-state index is 13.6. The minimum Gasteiger partial charge on any atom is -0.481 e. The number of aliphatic imine (C=N–C) groups is 1. The van der Waals surface area contributed by atoms with Crippen molar-refractivity contribution in [2.75, 3.05) is 6.54 Å². The lowest BCUT2D eigenvalue weighted by Gasteiger charge is -2.29. The monoisotopic (exact) mass is 676 g/mol. The first kappa shape index (κ1) is 41.3. The fraction of sp³-hybridized carbons (Fsp3) is 0.594. The van der Waals surface area contributed by atoms with E-state index in [1.807, 2.05) is 37.3 Å². The second-order valence-electron chi connectivity index (χ2n) is 11.9. The Morgan fingerprint density at radius 2 is 1.27 bits per heavy atom. The highest BCUT2D eigenvalue weighted by Crippen LogP contribution is 2.12. The minimum atomic E-state index is -1.42. The highest BCUT2D eigenvalue weighted by molar-refractivity contribution is 5.95. The van der Waals surface area contributed by atoms with Gasteiger partial charge in [-0.2, -0.15) is 0 Å². The van der Waals surface area contributed by atoms with Crippen molar-refractivity contribution in [3.05, 3.63) is 35.9 Å². The van der Waals surface area contributed by atoms with E-state index < -0.39 is 84.0 Å². The standard InChI is InChI=1S/C32H52N8O8/c1-5-18(3)25(39-27(43)21(33)17-20-11-8-7-9-12-20)30(46)38-23(14-15-24(41)42)28(44)37-22(13-10-16-36-32(34)35)29(45)40-26(31(47)48)19(4)6-2/h7-9,11-12,18-19,21-23,25-26H,5-6,10,13-17,33H2,1-4H3,(H,37,44)(H,38,46)(H,39,43)(H,40,45)(H,41,42)(H,47,48)(H4,34,35,36)/t18-,19-,21-,22-,23-,25-,26-/m0/s1. The molecule has 48 heavy (non-hydrogen) atoms. The number of aliphatic carboxylic acids is 2. The van der Waals surface area contributed by atoms with Crippen molar-refractivity contribution >= 4 is 41.5 Å². The number of carbonyl (C=O) groups is 6. The van der Waals surface area contributed by atoms with Crippen LogP contribution in [-0.2, 0) is 35.2 Å². The van der Waals surface area contributed by atoms with Gasteiger partial charge in [0, 0.05) is 13.0 Å². The van der Waals surface area contributed by atoms with Crippen molar-refractivity contribution in [1.29, 1.82) is 0 Å². The summed E-state index contributed by atoms with van der Waals surface area (Å²) in [5.74, 6) is -6.49. The van der Waals surface area contributed by atoms with Crippen LogP contribution in [0.15, 0.2) is 35.3 Å². The molecule has 268 valence electrons. The zero-order valence-electron chi connectivity index (χ0n) is 28.1. The summed E-state index contributed by atoms with van der Waals surface area (Å²) >= 11 is 0. The van der Waals surface area contributed by atoms with Gasteiger partial charge in [0.2, 0.25) is 23.6 Å². The summed E-state index contributed by atoms with van der Waals surface area (Å²) in [6.07, 6.45) is 0.508. The van der Waals surface area contributed by atoms with E-state index in [1.165, 1.54) is 0 Å². The molecule has 0 aliphatic heterocycles. The third-order valence-electron chi connectivity index (χ3n) is 8.06. The van der Waals surface area contributed by atoms with E-state index in [1.54, 1.807) is 20.8 Å². The Labute approximate surface area is 281 Å². The quantitative estimate of drug-likeness (QED) is 0.0432. The van der Waals surface area contributed by atoms with E-state index in [-0.39, 0.29) is 38.2 Å². The van der Waals surface area contributed by atoms with Crippen LogP contribution in [0.25, 0.3) is 0 Å². The molecule has 0 saturated carbocycles. The summed E-state index contributed by atoms with van der Waals surface area (Å²) in [6.45, 7) is 7.07. The molecule has 0 aliphatic rings. The molecule has 1 aromatic carbocycles. The van der Waals surface area contributed by atoms with Crippen LogP contribution < -0.4 is 38.5 Å². The van der Waals surface area contributed by atoms with Crippen molar-refractivity contribution in [3.8, 4) is 0 Å². The van der Waals surface area contributed by atoms with Gasteiger partial charge in [0.15, 0.2) is 5.96 Å². The highest BCUT2D eigenvalue weighted by atomic mass is 16.4. The molecular formula is C32H52N8O8. The molecule has 16 heteroatoms. The van der Waals surface area contributed by atoms with Crippen LogP contribution in [0.4, 0.5) is 0 Å². The van der Waals surface area contributed by atoms with E-state index in [2.05, 4.69) is 26.3 Å². The summed E-state index contributed by atoms with van der Waals surface area (Å²) in [4.78, 5) is 80.6. The molecule has 0 heterocycles. The summed E-state index contributed by atoms with van der Waals surface area (Å²) in [7, 11) is 0. The lowest BCUT2D eigenvalue weighted by Crippen LogP contribution is -2.60. The maximum Gasteiger partial charge on any atom is 0.326 e. The van der Waals surface area contributed by atoms with Gasteiger partial charge in [0.25, 0.3) is 0 Å². The molecule has 0 saturated heterocycles. The zero-order chi connectivity index (χ0) is 36.4. The van der Waals surface area contributed by atoms with Gasteiger partial charge in [-0.25, -0.2) is 4.79 Å². The number of carbonyl (C=O) groups excluding carboxylic acids is 4. The van der Waals surface area contributed by atoms with Gasteiger partial charge in [0.05, 0.1) is 6.04 Å². The molecule has 0 spiro atoms. The molecule has 1 aromatic rings. The number of carboxylic acid groups (broad SMARTS) is 2. The Kier molecular flexibility index (Phi) is 18.2. The van der Waals surface area contributed by atoms with Gasteiger partial charge in [-0.1, -0.05) is 70.9 Å². The molecule has 0 unspecified atom stereocenters. The Balaban J connectivity index is 3.23. The van der Waals surface area contributed by atoms with Crippen molar-refractivity contribution in [3.63, 3.8) is 0 Å². The minimum absolute atomic E-state index is 0.00828. The molecule has 4 amide bonds. The molecular weight excluding hydrogens is 624 g/mol. The van der Waals surface area contributed by atoms with Gasteiger partial charge in [0.1, 0.15) is 24.2 Å². The zero-order valence-corrected chi connectivity index (χ0v) is 28.1. The van der Waals surface area contributed by atoms with Crippen LogP contribution in [0, 0.1) is 11.8 Å². The predicted octanol–water partition coefficient (Wildman–Crippen LogP) is -0.409. The molecule has 0 radical (unpaired) electrons. The molecule has 0 aliphatic carbocycles. The van der Waals surface area contributed by atoms with Crippen LogP contribution in [0.1, 0.15) is 71.8 Å². The summed E-state index contributed by atoms with van der Waals surface area (Å²) in [5.41, 5.74) is 17.7. The highest BCUT2D eigenvalue weighted by Gasteiger charge is 2.34. The molecule has 0 aromatic heterocycles. The third-order valence-corrected chi connectivity index (χ3v) is 8.06. The Bertz CT molecular complexity index is 1260. The summed E-state index contributed by atoms with van der Waals surface area (Å²) < 4.78 is 0. The number of benzene rings is 1. The van der Waals surface area contributed by atoms with Crippen LogP contribution in [0.5, 0.6) is 0 Å². The smallest absolute Gasteiger partial charge is 0.326 e. The largest absolute Gasteiger partial charge is 0.481 e. The molecule has 0 fully saturated rings. The second-order valence-corrected chi connectivity index (χ2v) is 11.9. The molecule has 16 nitrogen and oxygen atoms in total. The van der Waals surface area contributed by atoms with Crippen LogP contribution in [-0.4, -0.2) is 88.5 Å². The number of nitrogens with one attached hydrogen (secondary N) is 4. The van der Waals surface area contributed by atoms with E-state index >= 15 is 0 Å². The fourth-order valence-corrected chi connectivity index (χ4v) is 4.70. The summed E-state index contributed by atoms with van der Waals surface area (Å²) in [5, 5.41) is 29.2. The van der Waals surface area contributed by atoms with Gasteiger partial charge in [-0.15, -0.1) is 0 Å². The normalized spacial score (nSPS) is 15.3. The average Bonchev–Trinajstić information content (AvgIpc) is 3.04. The van der Waals surface area contributed by atoms with Crippen molar-refractivity contribution in [1.82, 2.24) is 21.3 Å². The molecule has 12 N–H and O–H groups in total. The number of guanidine groups is 1. The second kappa shape index (κ2) is 21.2. The van der Waals surface area contributed by atoms with Gasteiger partial charge < -0.3 is 48.7 Å². The first-order valence-corrected chi connectivity index (χ1v) is 16.1. The average molecular weight is 677 g/mol. The van der Waals surface area contributed by atoms with Gasteiger partial charge >= 0.3 is 11.9 Å². The Morgan fingerprint density at radius 1 is 0.750 bits per heavy atom. The van der Waals surface area contributed by atoms with E-state index in [0.29, 0.717) is 12.8 Å². The number of nitrogens with two attached hydrogens (primary N) is 3.